The molecule has 1 aromatic rings. The van der Waals surface area contributed by atoms with Crippen molar-refractivity contribution in [1.29, 1.82) is 0 Å². The Kier molecular flexibility index (Phi) is 6.05. The van der Waals surface area contributed by atoms with Gasteiger partial charge >= 0.3 is 0 Å². The predicted octanol–water partition coefficient (Wildman–Crippen LogP) is 1.61. The second kappa shape index (κ2) is 8.24. The van der Waals surface area contributed by atoms with Crippen LogP contribution in [0.3, 0.4) is 0 Å². The summed E-state index contributed by atoms with van der Waals surface area (Å²) in [7, 11) is 0. The first-order chi connectivity index (χ1) is 11.3. The quantitative estimate of drug-likeness (QED) is 0.828. The third-order valence-corrected chi connectivity index (χ3v) is 6.10. The Hall–Kier alpha value is -0.950. The van der Waals surface area contributed by atoms with Gasteiger partial charge in [0.05, 0.1) is 19.3 Å². The molecule has 1 aliphatic heterocycles. The highest BCUT2D eigenvalue weighted by Gasteiger charge is 2.32. The normalized spacial score (nSPS) is 27.0. The highest BCUT2D eigenvalue weighted by Crippen LogP contribution is 2.31. The first kappa shape index (κ1) is 16.9. The van der Waals surface area contributed by atoms with Gasteiger partial charge in [-0.2, -0.15) is 0 Å². The van der Waals surface area contributed by atoms with E-state index in [0.29, 0.717) is 19.0 Å². The van der Waals surface area contributed by atoms with Gasteiger partial charge in [-0.1, -0.05) is 12.5 Å². The molecule has 23 heavy (non-hydrogen) atoms. The van der Waals surface area contributed by atoms with Gasteiger partial charge in [-0.05, 0) is 36.8 Å². The highest BCUT2D eigenvalue weighted by molar-refractivity contribution is 7.10. The molecule has 128 valence electrons. The van der Waals surface area contributed by atoms with Crippen LogP contribution in [0.4, 0.5) is 0 Å². The molecular formula is C17H27N3O2S. The third-order valence-electron chi connectivity index (χ3n) is 5.13. The van der Waals surface area contributed by atoms with E-state index in [-0.39, 0.29) is 17.9 Å². The van der Waals surface area contributed by atoms with E-state index in [4.69, 9.17) is 10.5 Å². The SMILES string of the molecule is NC[C@H]1CCC[C@H]1C(=O)NCC(c1cccs1)N1CCOCC1. The molecule has 1 aromatic heterocycles. The Morgan fingerprint density at radius 3 is 2.96 bits per heavy atom. The van der Waals surface area contributed by atoms with Crippen LogP contribution in [0.5, 0.6) is 0 Å². The fourth-order valence-electron chi connectivity index (χ4n) is 3.77. The van der Waals surface area contributed by atoms with Gasteiger partial charge in [-0.15, -0.1) is 11.3 Å². The van der Waals surface area contributed by atoms with E-state index in [1.165, 1.54) is 4.88 Å². The van der Waals surface area contributed by atoms with Crippen molar-refractivity contribution in [2.75, 3.05) is 39.4 Å². The molecule has 0 bridgehead atoms. The van der Waals surface area contributed by atoms with E-state index in [1.807, 2.05) is 0 Å². The lowest BCUT2D eigenvalue weighted by Crippen LogP contribution is -2.45. The molecule has 1 unspecified atom stereocenters. The highest BCUT2D eigenvalue weighted by atomic mass is 32.1. The van der Waals surface area contributed by atoms with E-state index in [9.17, 15) is 4.79 Å². The molecule has 1 saturated carbocycles. The average molecular weight is 337 g/mol. The van der Waals surface area contributed by atoms with Crippen molar-refractivity contribution >= 4 is 17.2 Å². The topological polar surface area (TPSA) is 67.6 Å². The molecule has 3 atom stereocenters. The van der Waals surface area contributed by atoms with Gasteiger partial charge in [0.1, 0.15) is 0 Å². The van der Waals surface area contributed by atoms with Crippen LogP contribution in [-0.4, -0.2) is 50.2 Å². The molecule has 6 heteroatoms. The maximum absolute atomic E-state index is 12.6. The van der Waals surface area contributed by atoms with Crippen molar-refractivity contribution in [3.05, 3.63) is 22.4 Å². The van der Waals surface area contributed by atoms with Crippen LogP contribution < -0.4 is 11.1 Å². The fraction of sp³-hybridized carbons (Fsp3) is 0.706. The van der Waals surface area contributed by atoms with E-state index in [0.717, 1.165) is 45.6 Å². The molecule has 3 rings (SSSR count). The molecule has 2 aliphatic rings. The third kappa shape index (κ3) is 4.12. The molecule has 0 spiro atoms. The molecular weight excluding hydrogens is 310 g/mol. The van der Waals surface area contributed by atoms with Gasteiger partial charge in [-0.25, -0.2) is 0 Å². The summed E-state index contributed by atoms with van der Waals surface area (Å²) in [4.78, 5) is 16.3. The minimum absolute atomic E-state index is 0.105. The molecule has 3 N–H and O–H groups in total. The van der Waals surface area contributed by atoms with Gasteiger partial charge in [0.15, 0.2) is 0 Å². The predicted molar refractivity (Wildman–Crippen MR) is 92.3 cm³/mol. The zero-order valence-corrected chi connectivity index (χ0v) is 14.4. The number of thiophene rings is 1. The van der Waals surface area contributed by atoms with Gasteiger partial charge in [0, 0.05) is 30.4 Å². The summed E-state index contributed by atoms with van der Waals surface area (Å²) in [6.07, 6.45) is 3.19. The second-order valence-corrected chi connectivity index (χ2v) is 7.44. The van der Waals surface area contributed by atoms with Crippen LogP contribution in [0.1, 0.15) is 30.2 Å². The van der Waals surface area contributed by atoms with E-state index in [1.54, 1.807) is 11.3 Å². The minimum Gasteiger partial charge on any atom is -0.379 e. The summed E-state index contributed by atoms with van der Waals surface area (Å²) in [6, 6.07) is 4.49. The number of ether oxygens (including phenoxy) is 1. The van der Waals surface area contributed by atoms with Crippen molar-refractivity contribution in [2.45, 2.75) is 25.3 Å². The molecule has 1 aliphatic carbocycles. The maximum Gasteiger partial charge on any atom is 0.223 e. The maximum atomic E-state index is 12.6. The molecule has 1 amide bonds. The van der Waals surface area contributed by atoms with Gasteiger partial charge in [-0.3, -0.25) is 9.69 Å². The number of carbonyl (C=O) groups is 1. The number of rotatable bonds is 6. The monoisotopic (exact) mass is 337 g/mol. The average Bonchev–Trinajstić information content (AvgIpc) is 3.27. The number of nitrogens with two attached hydrogens (primary N) is 1. The smallest absolute Gasteiger partial charge is 0.223 e. The number of nitrogens with one attached hydrogen (secondary N) is 1. The summed E-state index contributed by atoms with van der Waals surface area (Å²) in [5, 5.41) is 5.31. The molecule has 1 saturated heterocycles. The molecule has 2 fully saturated rings. The van der Waals surface area contributed by atoms with Crippen LogP contribution >= 0.6 is 11.3 Å². The second-order valence-electron chi connectivity index (χ2n) is 6.46. The van der Waals surface area contributed by atoms with Crippen LogP contribution in [0, 0.1) is 11.8 Å². The molecule has 5 nitrogen and oxygen atoms in total. The van der Waals surface area contributed by atoms with Crippen LogP contribution in [0.15, 0.2) is 17.5 Å². The van der Waals surface area contributed by atoms with E-state index < -0.39 is 0 Å². The summed E-state index contributed by atoms with van der Waals surface area (Å²) < 4.78 is 5.46. The first-order valence-corrected chi connectivity index (χ1v) is 9.50. The Morgan fingerprint density at radius 1 is 1.43 bits per heavy atom. The fourth-order valence-corrected chi connectivity index (χ4v) is 4.63. The zero-order valence-electron chi connectivity index (χ0n) is 13.6. The number of amides is 1. The zero-order chi connectivity index (χ0) is 16.1. The Balaban J connectivity index is 1.61. The standard InChI is InChI=1S/C17H27N3O2S/c18-11-13-3-1-4-14(13)17(21)19-12-15(16-5-2-10-23-16)20-6-8-22-9-7-20/h2,5,10,13-15H,1,3-4,6-9,11-12,18H2,(H,19,21)/t13-,14-,15?/m1/s1. The first-order valence-electron chi connectivity index (χ1n) is 8.62. The summed E-state index contributed by atoms with van der Waals surface area (Å²) in [6.45, 7) is 4.69. The van der Waals surface area contributed by atoms with Crippen LogP contribution in [0.2, 0.25) is 0 Å². The molecule has 2 heterocycles. The van der Waals surface area contributed by atoms with Gasteiger partial charge in [0.2, 0.25) is 5.91 Å². The number of carbonyl (C=O) groups excluding carboxylic acids is 1. The molecule has 0 radical (unpaired) electrons. The van der Waals surface area contributed by atoms with Crippen molar-refractivity contribution < 1.29 is 9.53 Å². The van der Waals surface area contributed by atoms with E-state index >= 15 is 0 Å². The lowest BCUT2D eigenvalue weighted by Gasteiger charge is -2.34. The van der Waals surface area contributed by atoms with Crippen molar-refractivity contribution in [2.24, 2.45) is 17.6 Å². The van der Waals surface area contributed by atoms with Crippen LogP contribution in [0.25, 0.3) is 0 Å². The summed E-state index contributed by atoms with van der Waals surface area (Å²) in [5.41, 5.74) is 5.81. The minimum atomic E-state index is 0.105. The summed E-state index contributed by atoms with van der Waals surface area (Å²) >= 11 is 1.76. The Labute approximate surface area is 142 Å². The number of hydrogen-bond acceptors (Lipinski definition) is 5. The molecule has 0 aromatic carbocycles. The summed E-state index contributed by atoms with van der Waals surface area (Å²) in [5.74, 6) is 0.653. The van der Waals surface area contributed by atoms with Crippen molar-refractivity contribution in [3.8, 4) is 0 Å². The van der Waals surface area contributed by atoms with Gasteiger partial charge < -0.3 is 15.8 Å². The van der Waals surface area contributed by atoms with Crippen LogP contribution in [-0.2, 0) is 9.53 Å². The van der Waals surface area contributed by atoms with Crippen molar-refractivity contribution in [3.63, 3.8) is 0 Å². The number of nitrogens with zero attached hydrogens (tertiary/aromatic N) is 1. The Morgan fingerprint density at radius 2 is 2.26 bits per heavy atom. The van der Waals surface area contributed by atoms with Gasteiger partial charge in [0.25, 0.3) is 0 Å². The van der Waals surface area contributed by atoms with E-state index in [2.05, 4.69) is 27.7 Å². The lowest BCUT2D eigenvalue weighted by atomic mass is 9.95. The lowest BCUT2D eigenvalue weighted by molar-refractivity contribution is -0.126. The number of morpholine rings is 1. The Bertz CT molecular complexity index is 488. The van der Waals surface area contributed by atoms with Crippen molar-refractivity contribution in [1.82, 2.24) is 10.2 Å². The number of hydrogen-bond donors (Lipinski definition) is 2. The largest absolute Gasteiger partial charge is 0.379 e.